The van der Waals surface area contributed by atoms with E-state index in [-0.39, 0.29) is 16.9 Å². The highest BCUT2D eigenvalue weighted by molar-refractivity contribution is 7.20. The van der Waals surface area contributed by atoms with Gasteiger partial charge in [-0.15, -0.1) is 11.3 Å². The Kier molecular flexibility index (Phi) is 3.80. The molecule has 25 heavy (non-hydrogen) atoms. The molecule has 1 aliphatic rings. The third-order valence-corrected chi connectivity index (χ3v) is 5.62. The molecule has 1 nitrogen and oxygen atoms in total. The third kappa shape index (κ3) is 2.52. The van der Waals surface area contributed by atoms with Crippen LogP contribution in [-0.2, 0) is 0 Å². The average molecular weight is 364 g/mol. The average Bonchev–Trinajstić information content (AvgIpc) is 2.89. The molecule has 0 unspecified atom stereocenters. The fraction of sp³-hybridized carbons (Fsp3) is 0.158. The first-order chi connectivity index (χ1) is 12.0. The zero-order valence-corrected chi connectivity index (χ0v) is 13.7. The molecule has 1 heterocycles. The number of aliphatic hydroxyl groups excluding tert-OH is 1. The Morgan fingerprint density at radius 2 is 1.72 bits per heavy atom. The van der Waals surface area contributed by atoms with E-state index in [1.165, 1.54) is 18.2 Å². The van der Waals surface area contributed by atoms with Gasteiger partial charge in [0.25, 0.3) is 0 Å². The van der Waals surface area contributed by atoms with Crippen molar-refractivity contribution < 1.29 is 22.7 Å². The topological polar surface area (TPSA) is 20.2 Å². The van der Waals surface area contributed by atoms with Gasteiger partial charge in [-0.3, -0.25) is 0 Å². The van der Waals surface area contributed by atoms with E-state index in [9.17, 15) is 22.7 Å². The Bertz CT molecular complexity index is 1030. The van der Waals surface area contributed by atoms with E-state index in [1.807, 2.05) is 0 Å². The second kappa shape index (κ2) is 5.88. The van der Waals surface area contributed by atoms with Crippen molar-refractivity contribution in [1.82, 2.24) is 0 Å². The van der Waals surface area contributed by atoms with Crippen LogP contribution in [0.3, 0.4) is 0 Å². The summed E-state index contributed by atoms with van der Waals surface area (Å²) in [5.74, 6) is -4.62. The maximum atomic E-state index is 14.4. The molecule has 1 aromatic heterocycles. The van der Waals surface area contributed by atoms with Gasteiger partial charge in [0.05, 0.1) is 4.88 Å². The molecule has 1 saturated carbocycles. The highest BCUT2D eigenvalue weighted by Gasteiger charge is 2.25. The lowest BCUT2D eigenvalue weighted by Crippen LogP contribution is -2.01. The Hall–Kier alpha value is -2.34. The van der Waals surface area contributed by atoms with E-state index in [1.54, 1.807) is 0 Å². The van der Waals surface area contributed by atoms with Crippen LogP contribution in [-0.4, -0.2) is 5.11 Å². The highest BCUT2D eigenvalue weighted by atomic mass is 32.1. The number of hydrogen-bond donors (Lipinski definition) is 1. The van der Waals surface area contributed by atoms with Gasteiger partial charge in [0, 0.05) is 21.2 Å². The number of benzene rings is 2. The van der Waals surface area contributed by atoms with Crippen LogP contribution >= 0.6 is 11.3 Å². The van der Waals surface area contributed by atoms with E-state index >= 15 is 0 Å². The second-order valence-electron chi connectivity index (χ2n) is 5.98. The molecule has 0 atom stereocenters. The van der Waals surface area contributed by atoms with Crippen LogP contribution in [0.2, 0.25) is 0 Å². The Morgan fingerprint density at radius 3 is 2.40 bits per heavy atom. The fourth-order valence-electron chi connectivity index (χ4n) is 2.97. The van der Waals surface area contributed by atoms with Crippen molar-refractivity contribution in [2.45, 2.75) is 19.3 Å². The molecule has 0 radical (unpaired) electrons. The van der Waals surface area contributed by atoms with E-state index in [2.05, 4.69) is 0 Å². The highest BCUT2D eigenvalue weighted by Crippen LogP contribution is 2.45. The quantitative estimate of drug-likeness (QED) is 0.309. The van der Waals surface area contributed by atoms with Crippen LogP contribution in [0.15, 0.2) is 35.9 Å². The summed E-state index contributed by atoms with van der Waals surface area (Å²) in [5, 5.41) is 11.1. The predicted octanol–water partition coefficient (Wildman–Crippen LogP) is 6.58. The number of rotatable bonds is 2. The first-order valence-corrected chi connectivity index (χ1v) is 8.56. The molecule has 128 valence electrons. The van der Waals surface area contributed by atoms with Crippen molar-refractivity contribution in [3.63, 3.8) is 0 Å². The predicted molar refractivity (Wildman–Crippen MR) is 90.5 cm³/mol. The van der Waals surface area contributed by atoms with Gasteiger partial charge in [-0.05, 0) is 55.2 Å². The molecule has 0 spiro atoms. The summed E-state index contributed by atoms with van der Waals surface area (Å²) in [7, 11) is 0. The van der Waals surface area contributed by atoms with Crippen molar-refractivity contribution in [2.75, 3.05) is 0 Å². The standard InChI is InChI=1S/C19H12F4OS/c20-10-4-5-11-14(8-10)25-19(18(24)9-2-1-3-9)15(11)12-6-7-13(21)17(23)16(12)22/h4-8,24H,1-3H2. The summed E-state index contributed by atoms with van der Waals surface area (Å²) in [6.45, 7) is 0. The molecular formula is C19H12F4OS. The van der Waals surface area contributed by atoms with E-state index in [0.29, 0.717) is 15.0 Å². The maximum absolute atomic E-state index is 14.4. The molecular weight excluding hydrogens is 352 g/mol. The smallest absolute Gasteiger partial charge is 0.195 e. The molecule has 3 aromatic rings. The van der Waals surface area contributed by atoms with Gasteiger partial charge in [0.2, 0.25) is 0 Å². The molecule has 0 aliphatic heterocycles. The summed E-state index contributed by atoms with van der Waals surface area (Å²) in [6.07, 6.45) is 2.41. The van der Waals surface area contributed by atoms with E-state index in [4.69, 9.17) is 0 Å². The van der Waals surface area contributed by atoms with Crippen LogP contribution in [0, 0.1) is 23.3 Å². The van der Waals surface area contributed by atoms with Crippen molar-refractivity contribution in [2.24, 2.45) is 0 Å². The lowest BCUT2D eigenvalue weighted by atomic mass is 9.89. The number of allylic oxidation sites excluding steroid dienone is 1. The Morgan fingerprint density at radius 1 is 0.960 bits per heavy atom. The summed E-state index contributed by atoms with van der Waals surface area (Å²) >= 11 is 1.11. The third-order valence-electron chi connectivity index (χ3n) is 4.46. The van der Waals surface area contributed by atoms with Gasteiger partial charge >= 0.3 is 0 Å². The van der Waals surface area contributed by atoms with Crippen LogP contribution in [0.25, 0.3) is 27.0 Å². The van der Waals surface area contributed by atoms with Gasteiger partial charge in [-0.1, -0.05) is 0 Å². The van der Waals surface area contributed by atoms with Gasteiger partial charge in [0.1, 0.15) is 11.6 Å². The molecule has 0 saturated heterocycles. The number of aliphatic hydroxyl groups is 1. The van der Waals surface area contributed by atoms with Gasteiger partial charge in [-0.25, -0.2) is 17.6 Å². The SMILES string of the molecule is OC(=C1CCC1)c1sc2cc(F)ccc2c1-c1ccc(F)c(F)c1F. The lowest BCUT2D eigenvalue weighted by Gasteiger charge is -2.18. The summed E-state index contributed by atoms with van der Waals surface area (Å²) < 4.78 is 55.5. The van der Waals surface area contributed by atoms with Crippen LogP contribution in [0.4, 0.5) is 17.6 Å². The molecule has 6 heteroatoms. The fourth-order valence-corrected chi connectivity index (χ4v) is 4.21. The second-order valence-corrected chi connectivity index (χ2v) is 7.03. The number of hydrogen-bond acceptors (Lipinski definition) is 2. The zero-order chi connectivity index (χ0) is 17.7. The Labute approximate surface area is 144 Å². The monoisotopic (exact) mass is 364 g/mol. The van der Waals surface area contributed by atoms with Crippen LogP contribution in [0.1, 0.15) is 24.1 Å². The van der Waals surface area contributed by atoms with Crippen molar-refractivity contribution in [3.05, 3.63) is 64.1 Å². The summed E-state index contributed by atoms with van der Waals surface area (Å²) in [5.41, 5.74) is 0.933. The Balaban J connectivity index is 2.06. The lowest BCUT2D eigenvalue weighted by molar-refractivity contribution is 0.449. The largest absolute Gasteiger partial charge is 0.506 e. The zero-order valence-electron chi connectivity index (χ0n) is 12.9. The minimum atomic E-state index is -1.57. The molecule has 1 fully saturated rings. The molecule has 0 amide bonds. The molecule has 0 bridgehead atoms. The van der Waals surface area contributed by atoms with Gasteiger partial charge < -0.3 is 5.11 Å². The van der Waals surface area contributed by atoms with Crippen LogP contribution < -0.4 is 0 Å². The van der Waals surface area contributed by atoms with Crippen molar-refractivity contribution in [1.29, 1.82) is 0 Å². The molecule has 4 rings (SSSR count). The number of halogens is 4. The van der Waals surface area contributed by atoms with E-state index in [0.717, 1.165) is 48.3 Å². The minimum Gasteiger partial charge on any atom is -0.506 e. The summed E-state index contributed by atoms with van der Waals surface area (Å²) in [6, 6.07) is 5.94. The van der Waals surface area contributed by atoms with E-state index < -0.39 is 23.3 Å². The first-order valence-electron chi connectivity index (χ1n) is 7.74. The minimum absolute atomic E-state index is 0.0204. The maximum Gasteiger partial charge on any atom is 0.195 e. The number of fused-ring (bicyclic) bond motifs is 1. The van der Waals surface area contributed by atoms with Gasteiger partial charge in [-0.2, -0.15) is 0 Å². The summed E-state index contributed by atoms with van der Waals surface area (Å²) in [4.78, 5) is 0.347. The van der Waals surface area contributed by atoms with Gasteiger partial charge in [0.15, 0.2) is 17.5 Å². The van der Waals surface area contributed by atoms with Crippen molar-refractivity contribution >= 4 is 27.2 Å². The molecule has 2 aromatic carbocycles. The molecule has 1 aliphatic carbocycles. The first kappa shape index (κ1) is 16.1. The number of thiophene rings is 1. The normalized spacial score (nSPS) is 14.0. The molecule has 1 N–H and O–H groups in total. The van der Waals surface area contributed by atoms with Crippen molar-refractivity contribution in [3.8, 4) is 11.1 Å². The van der Waals surface area contributed by atoms with Crippen LogP contribution in [0.5, 0.6) is 0 Å².